The number of aromatic nitrogens is 2. The molecule has 0 unspecified atom stereocenters. The molecule has 0 saturated carbocycles. The fraction of sp³-hybridized carbons (Fsp3) is 0.235. The highest BCUT2D eigenvalue weighted by Gasteiger charge is 2.13. The number of nitrogens with zero attached hydrogens (tertiary/aromatic N) is 2. The van der Waals surface area contributed by atoms with Crippen molar-refractivity contribution >= 4 is 5.65 Å². The predicted molar refractivity (Wildman–Crippen MR) is 82.5 cm³/mol. The Balaban J connectivity index is 2.17. The molecule has 0 amide bonds. The highest BCUT2D eigenvalue weighted by atomic mass is 16.5. The van der Waals surface area contributed by atoms with Gasteiger partial charge in [0.15, 0.2) is 0 Å². The van der Waals surface area contributed by atoms with Crippen molar-refractivity contribution in [3.05, 3.63) is 53.9 Å². The number of ether oxygens (including phenoxy) is 1. The van der Waals surface area contributed by atoms with Gasteiger partial charge in [-0.3, -0.25) is 0 Å². The van der Waals surface area contributed by atoms with Gasteiger partial charge in [-0.1, -0.05) is 18.2 Å². The Morgan fingerprint density at radius 2 is 2.10 bits per heavy atom. The zero-order chi connectivity index (χ0) is 14.8. The number of aliphatic hydroxyl groups excluding tert-OH is 1. The van der Waals surface area contributed by atoms with Gasteiger partial charge in [0.05, 0.1) is 24.6 Å². The van der Waals surface area contributed by atoms with Gasteiger partial charge in [-0.2, -0.15) is 0 Å². The number of aryl methyl sites for hydroxylation is 1. The van der Waals surface area contributed by atoms with Gasteiger partial charge >= 0.3 is 0 Å². The minimum atomic E-state index is -0.0567. The molecule has 0 aliphatic rings. The van der Waals surface area contributed by atoms with Crippen molar-refractivity contribution < 1.29 is 9.84 Å². The summed E-state index contributed by atoms with van der Waals surface area (Å²) in [4.78, 5) is 4.64. The summed E-state index contributed by atoms with van der Waals surface area (Å²) in [5.41, 5.74) is 4.50. The summed E-state index contributed by atoms with van der Waals surface area (Å²) < 4.78 is 7.48. The number of aliphatic hydroxyl groups is 1. The first-order chi connectivity index (χ1) is 10.2. The fourth-order valence-corrected chi connectivity index (χ4v) is 2.48. The smallest absolute Gasteiger partial charge is 0.137 e. The first-order valence-electron chi connectivity index (χ1n) is 7.04. The van der Waals surface area contributed by atoms with Gasteiger partial charge in [-0.05, 0) is 37.6 Å². The minimum absolute atomic E-state index is 0.0567. The maximum atomic E-state index is 9.74. The monoisotopic (exact) mass is 282 g/mol. The standard InChI is InChI=1S/C17H18N2O2/c1-3-21-14-6-4-5-13(9-14)17-15(11-20)19-10-12(2)7-8-16(19)18-17/h4-10,20H,3,11H2,1-2H3. The van der Waals surface area contributed by atoms with Crippen molar-refractivity contribution in [2.24, 2.45) is 0 Å². The molecule has 3 rings (SSSR count). The third kappa shape index (κ3) is 2.50. The summed E-state index contributed by atoms with van der Waals surface area (Å²) in [6.07, 6.45) is 1.99. The number of fused-ring (bicyclic) bond motifs is 1. The van der Waals surface area contributed by atoms with Gasteiger partial charge in [-0.15, -0.1) is 0 Å². The van der Waals surface area contributed by atoms with Crippen LogP contribution in [0, 0.1) is 6.92 Å². The van der Waals surface area contributed by atoms with E-state index in [9.17, 15) is 5.11 Å². The molecule has 0 spiro atoms. The molecule has 2 heterocycles. The number of imidazole rings is 1. The van der Waals surface area contributed by atoms with Gasteiger partial charge in [0.2, 0.25) is 0 Å². The van der Waals surface area contributed by atoms with Crippen LogP contribution in [0.25, 0.3) is 16.9 Å². The van der Waals surface area contributed by atoms with Crippen LogP contribution in [0.15, 0.2) is 42.6 Å². The maximum absolute atomic E-state index is 9.74. The van der Waals surface area contributed by atoms with E-state index in [1.54, 1.807) is 0 Å². The molecule has 4 nitrogen and oxygen atoms in total. The molecule has 108 valence electrons. The Hall–Kier alpha value is -2.33. The third-order valence-electron chi connectivity index (χ3n) is 3.43. The first-order valence-corrected chi connectivity index (χ1v) is 7.04. The van der Waals surface area contributed by atoms with Gasteiger partial charge in [-0.25, -0.2) is 4.98 Å². The van der Waals surface area contributed by atoms with E-state index in [1.807, 2.05) is 60.8 Å². The number of pyridine rings is 1. The van der Waals surface area contributed by atoms with Gasteiger partial charge in [0.25, 0.3) is 0 Å². The Morgan fingerprint density at radius 3 is 2.86 bits per heavy atom. The van der Waals surface area contributed by atoms with Crippen LogP contribution in [0.4, 0.5) is 0 Å². The van der Waals surface area contributed by atoms with Crippen LogP contribution < -0.4 is 4.74 Å². The molecule has 21 heavy (non-hydrogen) atoms. The van der Waals surface area contributed by atoms with Crippen LogP contribution >= 0.6 is 0 Å². The number of benzene rings is 1. The largest absolute Gasteiger partial charge is 0.494 e. The molecule has 3 aromatic rings. The fourth-order valence-electron chi connectivity index (χ4n) is 2.48. The lowest BCUT2D eigenvalue weighted by molar-refractivity contribution is 0.276. The summed E-state index contributed by atoms with van der Waals surface area (Å²) in [6.45, 7) is 4.55. The number of rotatable bonds is 4. The van der Waals surface area contributed by atoms with Gasteiger partial charge < -0.3 is 14.2 Å². The first kappa shape index (κ1) is 13.6. The van der Waals surface area contributed by atoms with E-state index in [1.165, 1.54) is 0 Å². The summed E-state index contributed by atoms with van der Waals surface area (Å²) in [6, 6.07) is 11.8. The Morgan fingerprint density at radius 1 is 1.24 bits per heavy atom. The summed E-state index contributed by atoms with van der Waals surface area (Å²) in [7, 11) is 0. The van der Waals surface area contributed by atoms with Crippen molar-refractivity contribution in [1.29, 1.82) is 0 Å². The van der Waals surface area contributed by atoms with Crippen LogP contribution in [0.5, 0.6) is 5.75 Å². The lowest BCUT2D eigenvalue weighted by Gasteiger charge is -2.06. The zero-order valence-corrected chi connectivity index (χ0v) is 12.2. The number of hydrogen-bond donors (Lipinski definition) is 1. The van der Waals surface area contributed by atoms with Crippen LogP contribution in [0.2, 0.25) is 0 Å². The molecule has 0 saturated heterocycles. The molecule has 0 fully saturated rings. The van der Waals surface area contributed by atoms with E-state index in [2.05, 4.69) is 4.98 Å². The molecule has 1 aromatic carbocycles. The number of hydrogen-bond acceptors (Lipinski definition) is 3. The predicted octanol–water partition coefficient (Wildman–Crippen LogP) is 3.20. The molecule has 0 aliphatic heterocycles. The average molecular weight is 282 g/mol. The summed E-state index contributed by atoms with van der Waals surface area (Å²) in [5.74, 6) is 0.812. The lowest BCUT2D eigenvalue weighted by Crippen LogP contribution is -1.95. The van der Waals surface area contributed by atoms with Crippen LogP contribution in [-0.4, -0.2) is 21.1 Å². The minimum Gasteiger partial charge on any atom is -0.494 e. The highest BCUT2D eigenvalue weighted by Crippen LogP contribution is 2.27. The van der Waals surface area contributed by atoms with E-state index >= 15 is 0 Å². The van der Waals surface area contributed by atoms with E-state index in [0.717, 1.165) is 33.9 Å². The highest BCUT2D eigenvalue weighted by molar-refractivity contribution is 5.68. The van der Waals surface area contributed by atoms with E-state index in [-0.39, 0.29) is 6.61 Å². The Kier molecular flexibility index (Phi) is 3.62. The van der Waals surface area contributed by atoms with Crippen LogP contribution in [0.3, 0.4) is 0 Å². The zero-order valence-electron chi connectivity index (χ0n) is 12.2. The molecule has 2 aromatic heterocycles. The van der Waals surface area contributed by atoms with Crippen molar-refractivity contribution in [2.75, 3.05) is 6.61 Å². The van der Waals surface area contributed by atoms with Gasteiger partial charge in [0.1, 0.15) is 11.4 Å². The molecule has 0 radical (unpaired) electrons. The maximum Gasteiger partial charge on any atom is 0.137 e. The van der Waals surface area contributed by atoms with Crippen LogP contribution in [-0.2, 0) is 6.61 Å². The molecule has 4 heteroatoms. The second kappa shape index (κ2) is 5.58. The lowest BCUT2D eigenvalue weighted by atomic mass is 10.1. The van der Waals surface area contributed by atoms with Crippen LogP contribution in [0.1, 0.15) is 18.2 Å². The SMILES string of the molecule is CCOc1cccc(-c2nc3ccc(C)cn3c2CO)c1. The summed E-state index contributed by atoms with van der Waals surface area (Å²) in [5, 5.41) is 9.74. The Bertz CT molecular complexity index is 778. The second-order valence-electron chi connectivity index (χ2n) is 4.96. The average Bonchev–Trinajstić information content (AvgIpc) is 2.85. The van der Waals surface area contributed by atoms with E-state index in [0.29, 0.717) is 6.61 Å². The molecular weight excluding hydrogens is 264 g/mol. The van der Waals surface area contributed by atoms with Crippen molar-refractivity contribution in [3.63, 3.8) is 0 Å². The second-order valence-corrected chi connectivity index (χ2v) is 4.96. The molecule has 0 aliphatic carbocycles. The third-order valence-corrected chi connectivity index (χ3v) is 3.43. The van der Waals surface area contributed by atoms with Crippen molar-refractivity contribution in [3.8, 4) is 17.0 Å². The summed E-state index contributed by atoms with van der Waals surface area (Å²) >= 11 is 0. The topological polar surface area (TPSA) is 46.8 Å². The van der Waals surface area contributed by atoms with Crippen molar-refractivity contribution in [2.45, 2.75) is 20.5 Å². The normalized spacial score (nSPS) is 11.0. The van der Waals surface area contributed by atoms with E-state index in [4.69, 9.17) is 4.74 Å². The Labute approximate surface area is 123 Å². The van der Waals surface area contributed by atoms with Gasteiger partial charge in [0, 0.05) is 11.8 Å². The quantitative estimate of drug-likeness (QED) is 0.799. The van der Waals surface area contributed by atoms with E-state index < -0.39 is 0 Å². The molecular formula is C17H18N2O2. The molecule has 0 atom stereocenters. The molecule has 1 N–H and O–H groups in total. The molecule has 0 bridgehead atoms. The van der Waals surface area contributed by atoms with Crippen molar-refractivity contribution in [1.82, 2.24) is 9.38 Å².